The van der Waals surface area contributed by atoms with E-state index in [4.69, 9.17) is 9.47 Å². The first-order chi connectivity index (χ1) is 18.5. The fourth-order valence-corrected chi connectivity index (χ4v) is 4.96. The van der Waals surface area contributed by atoms with Gasteiger partial charge in [-0.25, -0.2) is 9.97 Å². The van der Waals surface area contributed by atoms with Crippen LogP contribution in [0.1, 0.15) is 28.4 Å². The minimum absolute atomic E-state index is 0.0871. The maximum absolute atomic E-state index is 12.3. The molecule has 194 valence electrons. The highest BCUT2D eigenvalue weighted by Gasteiger charge is 2.29. The van der Waals surface area contributed by atoms with Crippen LogP contribution in [0.4, 0.5) is 17.3 Å². The topological polar surface area (TPSA) is 95.6 Å². The van der Waals surface area contributed by atoms with Crippen LogP contribution in [0.2, 0.25) is 0 Å². The zero-order valence-electron chi connectivity index (χ0n) is 21.5. The van der Waals surface area contributed by atoms with Gasteiger partial charge in [0.05, 0.1) is 6.61 Å². The Hall–Kier alpha value is -4.37. The smallest absolute Gasteiger partial charge is 0.271 e. The summed E-state index contributed by atoms with van der Waals surface area (Å²) >= 11 is 0. The fourth-order valence-electron chi connectivity index (χ4n) is 4.96. The molecule has 2 aromatic carbocycles. The standard InChI is InChI=1S/C29H30N6O3/c1-34(2)29-32-16-19(17-33-29)15-31-22-8-9-25-21(14-22)13-20-5-3-6-23(27(20)38-25)26-18-35(11-12-37-26)24-7-4-10-30-28(24)36/h3-10,14,16-17,26,31H,11-13,15,18H2,1-2H3,(H,30,36). The van der Waals surface area contributed by atoms with Gasteiger partial charge in [-0.1, -0.05) is 18.2 Å². The normalized spacial score (nSPS) is 16.3. The van der Waals surface area contributed by atoms with Gasteiger partial charge in [0.25, 0.3) is 5.56 Å². The van der Waals surface area contributed by atoms with E-state index in [1.807, 2.05) is 55.7 Å². The van der Waals surface area contributed by atoms with E-state index in [-0.39, 0.29) is 11.7 Å². The molecule has 0 saturated carbocycles. The van der Waals surface area contributed by atoms with Crippen LogP contribution in [0.15, 0.2) is 71.9 Å². The number of morpholine rings is 1. The van der Waals surface area contributed by atoms with Crippen LogP contribution in [0.25, 0.3) is 0 Å². The molecule has 9 heteroatoms. The van der Waals surface area contributed by atoms with E-state index in [1.165, 1.54) is 0 Å². The van der Waals surface area contributed by atoms with E-state index >= 15 is 0 Å². The molecular weight excluding hydrogens is 480 g/mol. The van der Waals surface area contributed by atoms with Crippen molar-refractivity contribution in [3.05, 3.63) is 99.7 Å². The summed E-state index contributed by atoms with van der Waals surface area (Å²) in [4.78, 5) is 27.8. The summed E-state index contributed by atoms with van der Waals surface area (Å²) in [7, 11) is 3.85. The second kappa shape index (κ2) is 10.2. The molecule has 0 bridgehead atoms. The number of fused-ring (bicyclic) bond motifs is 2. The molecule has 38 heavy (non-hydrogen) atoms. The quantitative estimate of drug-likeness (QED) is 0.352. The van der Waals surface area contributed by atoms with Gasteiger partial charge in [-0.05, 0) is 35.9 Å². The molecule has 1 fully saturated rings. The largest absolute Gasteiger partial charge is 0.456 e. The van der Waals surface area contributed by atoms with E-state index in [0.717, 1.165) is 45.9 Å². The molecule has 6 rings (SSSR count). The van der Waals surface area contributed by atoms with Gasteiger partial charge in [-0.15, -0.1) is 0 Å². The summed E-state index contributed by atoms with van der Waals surface area (Å²) in [5, 5.41) is 3.47. The number of rotatable bonds is 6. The fraction of sp³-hybridized carbons (Fsp3) is 0.276. The number of nitrogens with zero attached hydrogens (tertiary/aromatic N) is 4. The molecule has 2 aromatic heterocycles. The molecule has 2 aliphatic heterocycles. The van der Waals surface area contributed by atoms with Gasteiger partial charge < -0.3 is 29.6 Å². The minimum atomic E-state index is -0.193. The number of aromatic amines is 1. The molecule has 2 aliphatic rings. The third kappa shape index (κ3) is 4.80. The molecule has 1 atom stereocenters. The summed E-state index contributed by atoms with van der Waals surface area (Å²) in [5.74, 6) is 2.40. The van der Waals surface area contributed by atoms with E-state index in [1.54, 1.807) is 6.20 Å². The van der Waals surface area contributed by atoms with Crippen molar-refractivity contribution in [2.24, 2.45) is 0 Å². The number of hydrogen-bond acceptors (Lipinski definition) is 8. The Balaban J connectivity index is 1.18. The molecule has 0 radical (unpaired) electrons. The molecule has 0 spiro atoms. The van der Waals surface area contributed by atoms with Crippen molar-refractivity contribution in [1.29, 1.82) is 0 Å². The Bertz CT molecular complexity index is 1500. The Morgan fingerprint density at radius 3 is 2.79 bits per heavy atom. The van der Waals surface area contributed by atoms with Crippen LogP contribution in [-0.4, -0.2) is 48.7 Å². The number of benzene rings is 2. The minimum Gasteiger partial charge on any atom is -0.456 e. The van der Waals surface area contributed by atoms with Gasteiger partial charge >= 0.3 is 0 Å². The van der Waals surface area contributed by atoms with Crippen molar-refractivity contribution in [3.8, 4) is 11.5 Å². The Morgan fingerprint density at radius 1 is 1.11 bits per heavy atom. The maximum Gasteiger partial charge on any atom is 0.271 e. The maximum atomic E-state index is 12.3. The van der Waals surface area contributed by atoms with Crippen LogP contribution >= 0.6 is 0 Å². The van der Waals surface area contributed by atoms with E-state index in [9.17, 15) is 4.79 Å². The lowest BCUT2D eigenvalue weighted by molar-refractivity contribution is 0.0383. The number of hydrogen-bond donors (Lipinski definition) is 2. The molecular formula is C29H30N6O3. The molecule has 1 unspecified atom stereocenters. The van der Waals surface area contributed by atoms with Crippen LogP contribution in [0, 0.1) is 0 Å². The first kappa shape index (κ1) is 24.0. The number of ether oxygens (including phenoxy) is 2. The van der Waals surface area contributed by atoms with Crippen LogP contribution in [0.5, 0.6) is 11.5 Å². The zero-order chi connectivity index (χ0) is 26.1. The van der Waals surface area contributed by atoms with Crippen molar-refractivity contribution in [3.63, 3.8) is 0 Å². The molecule has 4 aromatic rings. The van der Waals surface area contributed by atoms with E-state index in [0.29, 0.717) is 37.9 Å². The summed E-state index contributed by atoms with van der Waals surface area (Å²) in [5.41, 5.74) is 5.86. The van der Waals surface area contributed by atoms with Crippen LogP contribution in [0.3, 0.4) is 0 Å². The SMILES string of the molecule is CN(C)c1ncc(CNc2ccc3c(c2)Cc2cccc(C4CN(c5ccc[nH]c5=O)CCO4)c2O3)cn1. The Kier molecular flexibility index (Phi) is 6.43. The first-order valence-electron chi connectivity index (χ1n) is 12.7. The number of aromatic nitrogens is 3. The van der Waals surface area contributed by atoms with Gasteiger partial charge in [0.15, 0.2) is 0 Å². The highest BCUT2D eigenvalue weighted by molar-refractivity contribution is 5.59. The number of H-pyrrole nitrogens is 1. The number of pyridine rings is 1. The molecule has 9 nitrogen and oxygen atoms in total. The molecule has 4 heterocycles. The molecule has 1 saturated heterocycles. The number of nitrogens with one attached hydrogen (secondary N) is 2. The van der Waals surface area contributed by atoms with Crippen LogP contribution in [-0.2, 0) is 17.7 Å². The van der Waals surface area contributed by atoms with Crippen molar-refractivity contribution in [2.45, 2.75) is 19.1 Å². The number of para-hydroxylation sites is 1. The van der Waals surface area contributed by atoms with Crippen molar-refractivity contribution in [2.75, 3.05) is 48.9 Å². The van der Waals surface area contributed by atoms with Gasteiger partial charge in [-0.3, -0.25) is 4.79 Å². The van der Waals surface area contributed by atoms with Crippen molar-refractivity contribution >= 4 is 17.3 Å². The highest BCUT2D eigenvalue weighted by Crippen LogP contribution is 2.43. The third-order valence-electron chi connectivity index (χ3n) is 6.92. The second-order valence-electron chi connectivity index (χ2n) is 9.77. The van der Waals surface area contributed by atoms with Gasteiger partial charge in [0, 0.05) is 81.1 Å². The molecule has 0 amide bonds. The van der Waals surface area contributed by atoms with Gasteiger partial charge in [0.2, 0.25) is 5.95 Å². The van der Waals surface area contributed by atoms with E-state index in [2.05, 4.69) is 49.4 Å². The summed E-state index contributed by atoms with van der Waals surface area (Å²) in [6, 6.07) is 16.1. The highest BCUT2D eigenvalue weighted by atomic mass is 16.5. The molecule has 2 N–H and O–H groups in total. The second-order valence-corrected chi connectivity index (χ2v) is 9.77. The van der Waals surface area contributed by atoms with Gasteiger partial charge in [-0.2, -0.15) is 0 Å². The Morgan fingerprint density at radius 2 is 1.97 bits per heavy atom. The van der Waals surface area contributed by atoms with E-state index < -0.39 is 0 Å². The van der Waals surface area contributed by atoms with Gasteiger partial charge in [0.1, 0.15) is 23.3 Å². The lowest BCUT2D eigenvalue weighted by atomic mass is 9.95. The predicted octanol–water partition coefficient (Wildman–Crippen LogP) is 4.12. The van der Waals surface area contributed by atoms with Crippen LogP contribution < -0.4 is 25.4 Å². The monoisotopic (exact) mass is 510 g/mol. The summed E-state index contributed by atoms with van der Waals surface area (Å²) in [6.45, 7) is 2.43. The lowest BCUT2D eigenvalue weighted by Crippen LogP contribution is -2.41. The molecule has 0 aliphatic carbocycles. The first-order valence-corrected chi connectivity index (χ1v) is 12.7. The zero-order valence-corrected chi connectivity index (χ0v) is 21.5. The summed E-state index contributed by atoms with van der Waals surface area (Å²) in [6.07, 6.45) is 5.92. The average Bonchev–Trinajstić information content (AvgIpc) is 2.95. The van der Waals surface area contributed by atoms with Crippen molar-refractivity contribution < 1.29 is 9.47 Å². The van der Waals surface area contributed by atoms with Crippen molar-refractivity contribution in [1.82, 2.24) is 15.0 Å². The third-order valence-corrected chi connectivity index (χ3v) is 6.92. The number of anilines is 3. The predicted molar refractivity (Wildman–Crippen MR) is 147 cm³/mol. The summed E-state index contributed by atoms with van der Waals surface area (Å²) < 4.78 is 12.6. The lowest BCUT2D eigenvalue weighted by Gasteiger charge is -2.35. The Labute approximate surface area is 221 Å². The average molecular weight is 511 g/mol.